The molecular formula is C11H16N4O4. The summed E-state index contributed by atoms with van der Waals surface area (Å²) in [5.41, 5.74) is -0.0471. The van der Waals surface area contributed by atoms with Crippen molar-refractivity contribution in [3.8, 4) is 0 Å². The van der Waals surface area contributed by atoms with E-state index in [2.05, 4.69) is 20.4 Å². The minimum atomic E-state index is -0.694. The minimum Gasteiger partial charge on any atom is -0.464 e. The van der Waals surface area contributed by atoms with E-state index in [0.717, 1.165) is 25.9 Å². The Morgan fingerprint density at radius 1 is 1.21 bits per heavy atom. The molecule has 2 heterocycles. The third-order valence-corrected chi connectivity index (χ3v) is 3.11. The summed E-state index contributed by atoms with van der Waals surface area (Å²) in [4.78, 5) is 23.4. The monoisotopic (exact) mass is 268 g/mol. The normalized spacial score (nSPS) is 16.1. The van der Waals surface area contributed by atoms with Crippen molar-refractivity contribution in [1.29, 1.82) is 0 Å². The molecule has 0 amide bonds. The first-order valence-electron chi connectivity index (χ1n) is 6.01. The number of nitrogens with one attached hydrogen (secondary N) is 1. The number of hydrogen-bond acceptors (Lipinski definition) is 7. The predicted octanol–water partition coefficient (Wildman–Crippen LogP) is -0.224. The van der Waals surface area contributed by atoms with Gasteiger partial charge in [0.2, 0.25) is 5.69 Å². The lowest BCUT2D eigenvalue weighted by Crippen LogP contribution is -2.31. The molecule has 104 valence electrons. The van der Waals surface area contributed by atoms with Gasteiger partial charge in [-0.1, -0.05) is 5.21 Å². The Labute approximate surface area is 110 Å². The molecule has 8 heteroatoms. The van der Waals surface area contributed by atoms with Gasteiger partial charge in [-0.2, -0.15) is 0 Å². The largest absolute Gasteiger partial charge is 0.464 e. The molecule has 2 rings (SSSR count). The molecule has 0 atom stereocenters. The van der Waals surface area contributed by atoms with E-state index < -0.39 is 11.9 Å². The number of esters is 2. The Morgan fingerprint density at radius 2 is 1.84 bits per heavy atom. The minimum absolute atomic E-state index is 0.0289. The van der Waals surface area contributed by atoms with Gasteiger partial charge in [0, 0.05) is 0 Å². The van der Waals surface area contributed by atoms with Crippen LogP contribution in [0.4, 0.5) is 0 Å². The fourth-order valence-electron chi connectivity index (χ4n) is 2.12. The van der Waals surface area contributed by atoms with Crippen LogP contribution in [0.2, 0.25) is 0 Å². The smallest absolute Gasteiger partial charge is 0.361 e. The second-order valence-electron chi connectivity index (χ2n) is 4.20. The Morgan fingerprint density at radius 3 is 2.42 bits per heavy atom. The standard InChI is InChI=1S/C11H16N4O4/c1-18-10(16)8-9(11(17)19-2)15(14-13-8)7-3-5-12-6-4-7/h7,12H,3-6H2,1-2H3. The lowest BCUT2D eigenvalue weighted by molar-refractivity contribution is 0.0540. The van der Waals surface area contributed by atoms with Crippen LogP contribution < -0.4 is 5.32 Å². The highest BCUT2D eigenvalue weighted by Crippen LogP contribution is 2.21. The van der Waals surface area contributed by atoms with E-state index in [9.17, 15) is 9.59 Å². The number of piperidine rings is 1. The lowest BCUT2D eigenvalue weighted by atomic mass is 10.1. The van der Waals surface area contributed by atoms with E-state index >= 15 is 0 Å². The van der Waals surface area contributed by atoms with Crippen LogP contribution in [0.15, 0.2) is 0 Å². The Bertz CT molecular complexity index is 479. The highest BCUT2D eigenvalue weighted by molar-refractivity contribution is 6.00. The first kappa shape index (κ1) is 13.5. The van der Waals surface area contributed by atoms with Crippen LogP contribution in [-0.2, 0) is 9.47 Å². The summed E-state index contributed by atoms with van der Waals surface area (Å²) in [5.74, 6) is -1.33. The second kappa shape index (κ2) is 5.79. The number of methoxy groups -OCH3 is 2. The number of rotatable bonds is 3. The molecule has 0 unspecified atom stereocenters. The summed E-state index contributed by atoms with van der Waals surface area (Å²) in [5, 5.41) is 10.9. The van der Waals surface area contributed by atoms with E-state index in [0.29, 0.717) is 0 Å². The number of hydrogen-bond donors (Lipinski definition) is 1. The molecule has 1 saturated heterocycles. The van der Waals surface area contributed by atoms with Gasteiger partial charge in [-0.3, -0.25) is 0 Å². The fraction of sp³-hybridized carbons (Fsp3) is 0.636. The molecule has 1 fully saturated rings. The summed E-state index contributed by atoms with van der Waals surface area (Å²) < 4.78 is 10.8. The van der Waals surface area contributed by atoms with Crippen LogP contribution in [0.5, 0.6) is 0 Å². The van der Waals surface area contributed by atoms with Crippen molar-refractivity contribution in [3.05, 3.63) is 11.4 Å². The summed E-state index contributed by atoms with van der Waals surface area (Å²) in [6, 6.07) is 0.0289. The van der Waals surface area contributed by atoms with Crippen molar-refractivity contribution in [2.45, 2.75) is 18.9 Å². The summed E-state index contributed by atoms with van der Waals surface area (Å²) in [6.45, 7) is 1.66. The van der Waals surface area contributed by atoms with E-state index in [-0.39, 0.29) is 17.4 Å². The van der Waals surface area contributed by atoms with Gasteiger partial charge in [-0.05, 0) is 25.9 Å². The molecule has 0 spiro atoms. The van der Waals surface area contributed by atoms with Crippen LogP contribution in [0.3, 0.4) is 0 Å². The maximum absolute atomic E-state index is 11.8. The van der Waals surface area contributed by atoms with Crippen LogP contribution in [-0.4, -0.2) is 54.2 Å². The maximum atomic E-state index is 11.8. The number of carbonyl (C=O) groups is 2. The van der Waals surface area contributed by atoms with Crippen molar-refractivity contribution in [2.24, 2.45) is 0 Å². The van der Waals surface area contributed by atoms with Crippen LogP contribution in [0.25, 0.3) is 0 Å². The maximum Gasteiger partial charge on any atom is 0.361 e. The van der Waals surface area contributed by atoms with Gasteiger partial charge < -0.3 is 14.8 Å². The Balaban J connectivity index is 2.39. The van der Waals surface area contributed by atoms with Crippen molar-refractivity contribution in [2.75, 3.05) is 27.3 Å². The van der Waals surface area contributed by atoms with Gasteiger partial charge in [0.15, 0.2) is 5.69 Å². The molecule has 0 aliphatic carbocycles. The molecular weight excluding hydrogens is 252 g/mol. The third kappa shape index (κ3) is 2.58. The van der Waals surface area contributed by atoms with Gasteiger partial charge in [0.05, 0.1) is 20.3 Å². The molecule has 1 N–H and O–H groups in total. The lowest BCUT2D eigenvalue weighted by Gasteiger charge is -2.23. The van der Waals surface area contributed by atoms with E-state index in [1.165, 1.54) is 18.9 Å². The molecule has 1 aliphatic rings. The molecule has 0 saturated carbocycles. The van der Waals surface area contributed by atoms with Crippen molar-refractivity contribution >= 4 is 11.9 Å². The molecule has 0 radical (unpaired) electrons. The van der Waals surface area contributed by atoms with Gasteiger partial charge in [0.25, 0.3) is 0 Å². The Kier molecular flexibility index (Phi) is 4.10. The van der Waals surface area contributed by atoms with E-state index in [4.69, 9.17) is 4.74 Å². The van der Waals surface area contributed by atoms with Crippen LogP contribution in [0, 0.1) is 0 Å². The van der Waals surface area contributed by atoms with Crippen molar-refractivity contribution in [3.63, 3.8) is 0 Å². The fourth-order valence-corrected chi connectivity index (χ4v) is 2.12. The van der Waals surface area contributed by atoms with Gasteiger partial charge in [-0.25, -0.2) is 14.3 Å². The molecule has 0 bridgehead atoms. The SMILES string of the molecule is COC(=O)c1nnn(C2CCNCC2)c1C(=O)OC. The topological polar surface area (TPSA) is 95.3 Å². The second-order valence-corrected chi connectivity index (χ2v) is 4.20. The molecule has 1 aliphatic heterocycles. The number of nitrogens with zero attached hydrogens (tertiary/aromatic N) is 3. The number of ether oxygens (including phenoxy) is 2. The average molecular weight is 268 g/mol. The van der Waals surface area contributed by atoms with E-state index in [1.807, 2.05) is 0 Å². The Hall–Kier alpha value is -1.96. The first-order chi connectivity index (χ1) is 9.19. The third-order valence-electron chi connectivity index (χ3n) is 3.11. The summed E-state index contributed by atoms with van der Waals surface area (Å²) in [7, 11) is 2.48. The van der Waals surface area contributed by atoms with Crippen molar-refractivity contribution in [1.82, 2.24) is 20.3 Å². The molecule has 8 nitrogen and oxygen atoms in total. The van der Waals surface area contributed by atoms with Gasteiger partial charge in [-0.15, -0.1) is 5.10 Å². The molecule has 19 heavy (non-hydrogen) atoms. The molecule has 1 aromatic heterocycles. The van der Waals surface area contributed by atoms with Gasteiger partial charge >= 0.3 is 11.9 Å². The zero-order valence-electron chi connectivity index (χ0n) is 10.9. The molecule has 1 aromatic rings. The van der Waals surface area contributed by atoms with Crippen LogP contribution in [0.1, 0.15) is 39.9 Å². The average Bonchev–Trinajstić information content (AvgIpc) is 2.91. The zero-order chi connectivity index (χ0) is 13.8. The van der Waals surface area contributed by atoms with Crippen molar-refractivity contribution < 1.29 is 19.1 Å². The van der Waals surface area contributed by atoms with Gasteiger partial charge in [0.1, 0.15) is 0 Å². The quantitative estimate of drug-likeness (QED) is 0.757. The molecule has 0 aromatic carbocycles. The highest BCUT2D eigenvalue weighted by atomic mass is 16.5. The summed E-state index contributed by atoms with van der Waals surface area (Å²) >= 11 is 0. The summed E-state index contributed by atoms with van der Waals surface area (Å²) in [6.07, 6.45) is 1.63. The zero-order valence-corrected chi connectivity index (χ0v) is 10.9. The first-order valence-corrected chi connectivity index (χ1v) is 6.01. The number of carbonyl (C=O) groups excluding carboxylic acids is 2. The number of aromatic nitrogens is 3. The van der Waals surface area contributed by atoms with Crippen LogP contribution >= 0.6 is 0 Å². The highest BCUT2D eigenvalue weighted by Gasteiger charge is 2.30. The van der Waals surface area contributed by atoms with E-state index in [1.54, 1.807) is 0 Å². The predicted molar refractivity (Wildman–Crippen MR) is 63.8 cm³/mol.